The average Bonchev–Trinajstić information content (AvgIpc) is 2.70. The van der Waals surface area contributed by atoms with Crippen molar-refractivity contribution >= 4 is 11.6 Å². The molecule has 0 saturated heterocycles. The summed E-state index contributed by atoms with van der Waals surface area (Å²) in [6.07, 6.45) is 0. The van der Waals surface area contributed by atoms with E-state index in [0.717, 1.165) is 0 Å². The number of methoxy groups -OCH3 is 1. The molecule has 0 heterocycles. The van der Waals surface area contributed by atoms with E-state index in [-0.39, 0.29) is 11.9 Å². The highest BCUT2D eigenvalue weighted by molar-refractivity contribution is 5.92. The molecule has 0 aliphatic carbocycles. The predicted octanol–water partition coefficient (Wildman–Crippen LogP) is 2.99. The van der Waals surface area contributed by atoms with Gasteiger partial charge in [0.25, 0.3) is 5.91 Å². The summed E-state index contributed by atoms with van der Waals surface area (Å²) in [4.78, 5) is 12.4. The Labute approximate surface area is 153 Å². The molecule has 0 aliphatic rings. The first-order valence-corrected chi connectivity index (χ1v) is 8.64. The van der Waals surface area contributed by atoms with Gasteiger partial charge in [0, 0.05) is 11.1 Å². The number of nitrogens with one attached hydrogen (secondary N) is 1. The van der Waals surface area contributed by atoms with Crippen molar-refractivity contribution in [3.63, 3.8) is 0 Å². The summed E-state index contributed by atoms with van der Waals surface area (Å²) >= 11 is 0. The summed E-state index contributed by atoms with van der Waals surface area (Å²) in [6.45, 7) is 0.312. The molecule has 3 rings (SSSR count). The SMILES string of the molecule is COc1ccccc1NC(=O)C[NH2+]C(c1ccccc1)c1ccccc1. The molecular formula is C22H23N2O2+. The number of ether oxygens (including phenoxy) is 1. The van der Waals surface area contributed by atoms with Gasteiger partial charge in [-0.2, -0.15) is 0 Å². The summed E-state index contributed by atoms with van der Waals surface area (Å²) in [7, 11) is 1.60. The first kappa shape index (κ1) is 17.7. The number of nitrogens with two attached hydrogens (primary N) is 1. The van der Waals surface area contributed by atoms with E-state index < -0.39 is 0 Å². The number of anilines is 1. The summed E-state index contributed by atoms with van der Waals surface area (Å²) in [6, 6.07) is 27.9. The molecule has 0 aromatic heterocycles. The van der Waals surface area contributed by atoms with Crippen molar-refractivity contribution in [2.45, 2.75) is 6.04 Å². The van der Waals surface area contributed by atoms with Crippen LogP contribution in [0.25, 0.3) is 0 Å². The van der Waals surface area contributed by atoms with Crippen molar-refractivity contribution in [1.82, 2.24) is 0 Å². The maximum atomic E-state index is 12.4. The monoisotopic (exact) mass is 347 g/mol. The van der Waals surface area contributed by atoms with Gasteiger partial charge in [-0.05, 0) is 12.1 Å². The van der Waals surface area contributed by atoms with Gasteiger partial charge in [-0.15, -0.1) is 0 Å². The first-order chi connectivity index (χ1) is 12.8. The van der Waals surface area contributed by atoms with Gasteiger partial charge in [0.1, 0.15) is 11.8 Å². The van der Waals surface area contributed by atoms with Crippen LogP contribution in [0.2, 0.25) is 0 Å². The van der Waals surface area contributed by atoms with Gasteiger partial charge in [-0.1, -0.05) is 72.8 Å². The first-order valence-electron chi connectivity index (χ1n) is 8.64. The largest absolute Gasteiger partial charge is 0.495 e. The van der Waals surface area contributed by atoms with E-state index in [2.05, 4.69) is 34.9 Å². The third-order valence-corrected chi connectivity index (χ3v) is 4.24. The molecule has 0 aliphatic heterocycles. The quantitative estimate of drug-likeness (QED) is 0.690. The number of para-hydroxylation sites is 2. The van der Waals surface area contributed by atoms with Crippen molar-refractivity contribution in [3.05, 3.63) is 96.1 Å². The zero-order valence-corrected chi connectivity index (χ0v) is 14.8. The molecule has 1 amide bonds. The summed E-state index contributed by atoms with van der Waals surface area (Å²) in [5.41, 5.74) is 3.02. The van der Waals surface area contributed by atoms with Crippen LogP contribution in [0.1, 0.15) is 17.2 Å². The summed E-state index contributed by atoms with van der Waals surface area (Å²) < 4.78 is 5.29. The Morgan fingerprint density at radius 1 is 0.885 bits per heavy atom. The molecular weight excluding hydrogens is 324 g/mol. The second kappa shape index (κ2) is 8.83. The molecule has 26 heavy (non-hydrogen) atoms. The number of rotatable bonds is 7. The molecule has 4 heteroatoms. The molecule has 0 bridgehead atoms. The Morgan fingerprint density at radius 3 is 2.00 bits per heavy atom. The van der Waals surface area contributed by atoms with Crippen LogP contribution in [0.5, 0.6) is 5.75 Å². The highest BCUT2D eigenvalue weighted by Crippen LogP contribution is 2.22. The van der Waals surface area contributed by atoms with Gasteiger partial charge >= 0.3 is 0 Å². The van der Waals surface area contributed by atoms with Gasteiger partial charge in [0.15, 0.2) is 6.54 Å². The van der Waals surface area contributed by atoms with Crippen molar-refractivity contribution < 1.29 is 14.8 Å². The van der Waals surface area contributed by atoms with Gasteiger partial charge in [-0.3, -0.25) is 4.79 Å². The Balaban J connectivity index is 1.71. The molecule has 0 unspecified atom stereocenters. The summed E-state index contributed by atoms with van der Waals surface area (Å²) in [5, 5.41) is 4.98. The number of benzene rings is 3. The van der Waals surface area contributed by atoms with E-state index >= 15 is 0 Å². The second-order valence-electron chi connectivity index (χ2n) is 5.99. The molecule has 0 atom stereocenters. The van der Waals surface area contributed by atoms with Gasteiger partial charge in [0.2, 0.25) is 0 Å². The fraction of sp³-hybridized carbons (Fsp3) is 0.136. The molecule has 0 saturated carbocycles. The van der Waals surface area contributed by atoms with Crippen LogP contribution in [0.3, 0.4) is 0 Å². The molecule has 132 valence electrons. The van der Waals surface area contributed by atoms with Crippen LogP contribution in [0.4, 0.5) is 5.69 Å². The Morgan fingerprint density at radius 2 is 1.42 bits per heavy atom. The van der Waals surface area contributed by atoms with Crippen molar-refractivity contribution in [1.29, 1.82) is 0 Å². The number of carbonyl (C=O) groups is 1. The Hall–Kier alpha value is -3.11. The highest BCUT2D eigenvalue weighted by atomic mass is 16.5. The smallest absolute Gasteiger partial charge is 0.279 e. The predicted molar refractivity (Wildman–Crippen MR) is 103 cm³/mol. The molecule has 0 spiro atoms. The van der Waals surface area contributed by atoms with E-state index in [4.69, 9.17) is 4.74 Å². The maximum Gasteiger partial charge on any atom is 0.279 e. The minimum atomic E-state index is -0.0636. The van der Waals surface area contributed by atoms with E-state index in [1.807, 2.05) is 60.7 Å². The van der Waals surface area contributed by atoms with Crippen LogP contribution >= 0.6 is 0 Å². The van der Waals surface area contributed by atoms with Crippen molar-refractivity contribution in [3.8, 4) is 5.75 Å². The van der Waals surface area contributed by atoms with Crippen LogP contribution in [-0.4, -0.2) is 19.6 Å². The average molecular weight is 347 g/mol. The van der Waals surface area contributed by atoms with Crippen LogP contribution < -0.4 is 15.4 Å². The second-order valence-corrected chi connectivity index (χ2v) is 5.99. The fourth-order valence-corrected chi connectivity index (χ4v) is 2.96. The fourth-order valence-electron chi connectivity index (χ4n) is 2.96. The zero-order valence-electron chi connectivity index (χ0n) is 14.8. The lowest BCUT2D eigenvalue weighted by Gasteiger charge is -2.17. The Kier molecular flexibility index (Phi) is 6.01. The number of hydrogen-bond donors (Lipinski definition) is 2. The topological polar surface area (TPSA) is 54.9 Å². The van der Waals surface area contributed by atoms with E-state index in [1.54, 1.807) is 7.11 Å². The van der Waals surface area contributed by atoms with Crippen LogP contribution in [0.15, 0.2) is 84.9 Å². The van der Waals surface area contributed by atoms with Gasteiger partial charge in [0.05, 0.1) is 12.8 Å². The minimum Gasteiger partial charge on any atom is -0.495 e. The molecule has 4 nitrogen and oxygen atoms in total. The number of carbonyl (C=O) groups excluding carboxylic acids is 1. The summed E-state index contributed by atoms with van der Waals surface area (Å²) in [5.74, 6) is 0.592. The van der Waals surface area contributed by atoms with E-state index in [1.165, 1.54) is 11.1 Å². The van der Waals surface area contributed by atoms with Crippen molar-refractivity contribution in [2.75, 3.05) is 19.0 Å². The van der Waals surface area contributed by atoms with Gasteiger partial charge in [-0.25, -0.2) is 0 Å². The molecule has 0 fully saturated rings. The third-order valence-electron chi connectivity index (χ3n) is 4.24. The molecule has 3 N–H and O–H groups in total. The lowest BCUT2D eigenvalue weighted by atomic mass is 9.99. The normalized spacial score (nSPS) is 10.5. The van der Waals surface area contributed by atoms with E-state index in [0.29, 0.717) is 18.0 Å². The van der Waals surface area contributed by atoms with E-state index in [9.17, 15) is 4.79 Å². The molecule has 0 radical (unpaired) electrons. The van der Waals surface area contributed by atoms with Gasteiger partial charge < -0.3 is 15.4 Å². The molecule has 3 aromatic rings. The standard InChI is InChI=1S/C22H22N2O2/c1-26-20-15-9-8-14-19(20)24-21(25)16-23-22(17-10-4-2-5-11-17)18-12-6-3-7-13-18/h2-15,22-23H,16H2,1H3,(H,24,25)/p+1. The lowest BCUT2D eigenvalue weighted by molar-refractivity contribution is -0.676. The zero-order chi connectivity index (χ0) is 18.2. The number of hydrogen-bond acceptors (Lipinski definition) is 2. The van der Waals surface area contributed by atoms with Crippen LogP contribution in [0, 0.1) is 0 Å². The number of quaternary nitrogens is 1. The lowest BCUT2D eigenvalue weighted by Crippen LogP contribution is -2.87. The maximum absolute atomic E-state index is 12.4. The Bertz CT molecular complexity index is 796. The third kappa shape index (κ3) is 4.49. The van der Waals surface area contributed by atoms with Crippen LogP contribution in [-0.2, 0) is 4.79 Å². The minimum absolute atomic E-state index is 0.0636. The highest BCUT2D eigenvalue weighted by Gasteiger charge is 2.19. The molecule has 3 aromatic carbocycles. The van der Waals surface area contributed by atoms with Crippen molar-refractivity contribution in [2.24, 2.45) is 0 Å². The number of amides is 1.